The van der Waals surface area contributed by atoms with Crippen LogP contribution in [-0.2, 0) is 6.54 Å². The number of H-pyrrole nitrogens is 1. The Morgan fingerprint density at radius 3 is 2.58 bits per heavy atom. The van der Waals surface area contributed by atoms with E-state index in [1.807, 2.05) is 41.9 Å². The van der Waals surface area contributed by atoms with Gasteiger partial charge in [-0.15, -0.1) is 24.8 Å². The van der Waals surface area contributed by atoms with Crippen LogP contribution in [0.3, 0.4) is 0 Å². The van der Waals surface area contributed by atoms with Crippen molar-refractivity contribution in [1.82, 2.24) is 24.0 Å². The van der Waals surface area contributed by atoms with Gasteiger partial charge in [-0.05, 0) is 32.3 Å². The molecule has 0 fully saturated rings. The molecule has 0 atom stereocenters. The van der Waals surface area contributed by atoms with Gasteiger partial charge >= 0.3 is 11.1 Å². The Balaban J connectivity index is 0.00000144. The smallest absolute Gasteiger partial charge is 0.316 e. The van der Waals surface area contributed by atoms with E-state index in [2.05, 4.69) is 9.97 Å². The SMILES string of the molecule is CN(C)CCn1c(=O)c(=O)[nH]c2ccc(-n3ccnc3)cc21.Cl.Cl. The Kier molecular flexibility index (Phi) is 6.77. The summed E-state index contributed by atoms with van der Waals surface area (Å²) in [5.41, 5.74) is 1.11. The first-order valence-electron chi connectivity index (χ1n) is 6.96. The van der Waals surface area contributed by atoms with Crippen molar-refractivity contribution in [2.45, 2.75) is 6.54 Å². The second kappa shape index (κ2) is 8.14. The van der Waals surface area contributed by atoms with E-state index in [1.54, 1.807) is 18.6 Å². The minimum absolute atomic E-state index is 0. The van der Waals surface area contributed by atoms with Gasteiger partial charge in [0.05, 0.1) is 17.4 Å². The van der Waals surface area contributed by atoms with Crippen LogP contribution in [0.25, 0.3) is 16.7 Å². The van der Waals surface area contributed by atoms with Gasteiger partial charge in [0.25, 0.3) is 0 Å². The Labute approximate surface area is 150 Å². The van der Waals surface area contributed by atoms with Crippen LogP contribution in [0.1, 0.15) is 0 Å². The molecule has 3 rings (SSSR count). The van der Waals surface area contributed by atoms with Crippen LogP contribution in [0.2, 0.25) is 0 Å². The highest BCUT2D eigenvalue weighted by atomic mass is 35.5. The molecule has 1 aromatic carbocycles. The molecule has 9 heteroatoms. The number of imidazole rings is 1. The fraction of sp³-hybridized carbons (Fsp3) is 0.267. The number of aromatic nitrogens is 4. The molecule has 24 heavy (non-hydrogen) atoms. The maximum atomic E-state index is 12.2. The van der Waals surface area contributed by atoms with Crippen LogP contribution in [0.15, 0.2) is 46.5 Å². The number of nitrogens with zero attached hydrogens (tertiary/aromatic N) is 4. The van der Waals surface area contributed by atoms with Crippen molar-refractivity contribution in [3.05, 3.63) is 57.6 Å². The predicted molar refractivity (Wildman–Crippen MR) is 99.0 cm³/mol. The molecular weight excluding hydrogens is 353 g/mol. The lowest BCUT2D eigenvalue weighted by Crippen LogP contribution is -2.38. The van der Waals surface area contributed by atoms with E-state index in [0.29, 0.717) is 24.1 Å². The third-order valence-corrected chi connectivity index (χ3v) is 3.53. The zero-order valence-electron chi connectivity index (χ0n) is 13.3. The first kappa shape index (κ1) is 20.0. The van der Waals surface area contributed by atoms with E-state index in [1.165, 1.54) is 4.57 Å². The molecule has 0 amide bonds. The molecule has 0 unspecified atom stereocenters. The van der Waals surface area contributed by atoms with E-state index in [9.17, 15) is 9.59 Å². The lowest BCUT2D eigenvalue weighted by Gasteiger charge is -2.14. The molecule has 2 aromatic heterocycles. The van der Waals surface area contributed by atoms with Crippen LogP contribution >= 0.6 is 24.8 Å². The Morgan fingerprint density at radius 2 is 1.96 bits per heavy atom. The number of benzene rings is 1. The largest absolute Gasteiger partial charge is 0.316 e. The van der Waals surface area contributed by atoms with Crippen LogP contribution in [0.4, 0.5) is 0 Å². The first-order chi connectivity index (χ1) is 10.6. The molecule has 0 radical (unpaired) electrons. The van der Waals surface area contributed by atoms with Crippen molar-refractivity contribution >= 4 is 35.8 Å². The van der Waals surface area contributed by atoms with Crippen molar-refractivity contribution < 1.29 is 0 Å². The van der Waals surface area contributed by atoms with Crippen LogP contribution < -0.4 is 11.1 Å². The summed E-state index contributed by atoms with van der Waals surface area (Å²) < 4.78 is 3.37. The normalized spacial score (nSPS) is 10.5. The molecule has 3 aromatic rings. The molecule has 0 aliphatic rings. The van der Waals surface area contributed by atoms with Crippen LogP contribution in [-0.4, -0.2) is 44.6 Å². The van der Waals surface area contributed by atoms with Crippen LogP contribution in [0.5, 0.6) is 0 Å². The van der Waals surface area contributed by atoms with Crippen molar-refractivity contribution in [1.29, 1.82) is 0 Å². The number of halogens is 2. The summed E-state index contributed by atoms with van der Waals surface area (Å²) in [7, 11) is 3.86. The highest BCUT2D eigenvalue weighted by molar-refractivity contribution is 5.85. The van der Waals surface area contributed by atoms with Crippen LogP contribution in [0, 0.1) is 0 Å². The fourth-order valence-corrected chi connectivity index (χ4v) is 2.35. The summed E-state index contributed by atoms with van der Waals surface area (Å²) in [6.45, 7) is 1.13. The lowest BCUT2D eigenvalue weighted by molar-refractivity contribution is 0.383. The summed E-state index contributed by atoms with van der Waals surface area (Å²) in [5, 5.41) is 0. The molecule has 0 aliphatic carbocycles. The predicted octanol–water partition coefficient (Wildman–Crippen LogP) is 1.28. The Bertz CT molecular complexity index is 916. The van der Waals surface area contributed by atoms with Gasteiger partial charge < -0.3 is 19.0 Å². The maximum absolute atomic E-state index is 12.2. The van der Waals surface area contributed by atoms with Crippen molar-refractivity contribution in [2.75, 3.05) is 20.6 Å². The maximum Gasteiger partial charge on any atom is 0.316 e. The van der Waals surface area contributed by atoms with Crippen molar-refractivity contribution in [3.8, 4) is 5.69 Å². The summed E-state index contributed by atoms with van der Waals surface area (Å²) >= 11 is 0. The Hall–Kier alpha value is -2.09. The average Bonchev–Trinajstić information content (AvgIpc) is 3.01. The summed E-state index contributed by atoms with van der Waals surface area (Å²) in [6.07, 6.45) is 5.21. The second-order valence-corrected chi connectivity index (χ2v) is 5.39. The summed E-state index contributed by atoms with van der Waals surface area (Å²) in [4.78, 5) is 32.6. The molecule has 0 saturated carbocycles. The minimum atomic E-state index is -0.596. The topological polar surface area (TPSA) is 75.9 Å². The van der Waals surface area contributed by atoms with Gasteiger partial charge in [0, 0.05) is 31.2 Å². The third kappa shape index (κ3) is 3.87. The third-order valence-electron chi connectivity index (χ3n) is 3.53. The molecule has 0 aliphatic heterocycles. The van der Waals surface area contributed by atoms with E-state index in [-0.39, 0.29) is 24.8 Å². The van der Waals surface area contributed by atoms with E-state index >= 15 is 0 Å². The number of nitrogens with one attached hydrogen (secondary N) is 1. The molecule has 1 N–H and O–H groups in total. The van der Waals surface area contributed by atoms with Gasteiger partial charge in [0.2, 0.25) is 0 Å². The first-order valence-corrected chi connectivity index (χ1v) is 6.96. The standard InChI is InChI=1S/C15H17N5O2.2ClH/c1-18(2)7-8-20-13-9-11(19-6-5-16-10-19)3-4-12(13)17-14(21)15(20)22;;/h3-6,9-10H,7-8H2,1-2H3,(H,17,21);2*1H. The number of rotatable bonds is 4. The molecule has 2 heterocycles. The van der Waals surface area contributed by atoms with Gasteiger partial charge in [-0.1, -0.05) is 0 Å². The summed E-state index contributed by atoms with van der Waals surface area (Å²) in [5.74, 6) is 0. The zero-order valence-corrected chi connectivity index (χ0v) is 14.9. The fourth-order valence-electron chi connectivity index (χ4n) is 2.35. The van der Waals surface area contributed by atoms with Crippen molar-refractivity contribution in [2.24, 2.45) is 0 Å². The quantitative estimate of drug-likeness (QED) is 0.700. The zero-order chi connectivity index (χ0) is 15.7. The number of hydrogen-bond acceptors (Lipinski definition) is 4. The number of hydrogen-bond donors (Lipinski definition) is 1. The molecule has 0 spiro atoms. The van der Waals surface area contributed by atoms with Crippen molar-refractivity contribution in [3.63, 3.8) is 0 Å². The number of likely N-dealkylation sites (N-methyl/N-ethyl adjacent to an activating group) is 1. The van der Waals surface area contributed by atoms with Gasteiger partial charge in [-0.2, -0.15) is 0 Å². The lowest BCUT2D eigenvalue weighted by atomic mass is 10.2. The monoisotopic (exact) mass is 371 g/mol. The van der Waals surface area contributed by atoms with Gasteiger partial charge in [-0.25, -0.2) is 4.98 Å². The van der Waals surface area contributed by atoms with Gasteiger partial charge in [-0.3, -0.25) is 9.59 Å². The van der Waals surface area contributed by atoms with Gasteiger partial charge in [0.15, 0.2) is 0 Å². The minimum Gasteiger partial charge on any atom is -0.316 e. The van der Waals surface area contributed by atoms with E-state index in [0.717, 1.165) is 5.69 Å². The Morgan fingerprint density at radius 1 is 1.21 bits per heavy atom. The number of aromatic amines is 1. The molecule has 130 valence electrons. The second-order valence-electron chi connectivity index (χ2n) is 5.39. The molecule has 0 saturated heterocycles. The number of fused-ring (bicyclic) bond motifs is 1. The highest BCUT2D eigenvalue weighted by Crippen LogP contribution is 2.15. The van der Waals surface area contributed by atoms with E-state index < -0.39 is 11.1 Å². The van der Waals surface area contributed by atoms with E-state index in [4.69, 9.17) is 0 Å². The average molecular weight is 372 g/mol. The van der Waals surface area contributed by atoms with Gasteiger partial charge in [0.1, 0.15) is 0 Å². The summed E-state index contributed by atoms with van der Waals surface area (Å²) in [6, 6.07) is 5.56. The molecule has 0 bridgehead atoms. The molecule has 7 nitrogen and oxygen atoms in total. The highest BCUT2D eigenvalue weighted by Gasteiger charge is 2.09. The molecular formula is C15H19Cl2N5O2.